The molecule has 38 heavy (non-hydrogen) atoms. The van der Waals surface area contributed by atoms with E-state index in [4.69, 9.17) is 4.84 Å². The first kappa shape index (κ1) is 24.5. The number of ketones is 1. The number of β-amino-alcohol motifs (C(OH)–C–C–N with tert-alkyl or cyclic N) is 1. The van der Waals surface area contributed by atoms with Gasteiger partial charge in [-0.2, -0.15) is 28.3 Å². The van der Waals surface area contributed by atoms with Crippen molar-refractivity contribution in [1.29, 1.82) is 0 Å². The molecule has 0 radical (unpaired) electrons. The Morgan fingerprint density at radius 2 is 2.05 bits per heavy atom. The number of nitrogens with one attached hydrogen (secondary N) is 1. The Labute approximate surface area is 214 Å². The molecule has 1 saturated heterocycles. The highest BCUT2D eigenvalue weighted by Crippen LogP contribution is 2.37. The van der Waals surface area contributed by atoms with Crippen molar-refractivity contribution in [3.63, 3.8) is 0 Å². The number of fused-ring (bicyclic) bond motifs is 1. The van der Waals surface area contributed by atoms with E-state index in [0.717, 1.165) is 23.0 Å². The number of carbonyl (C=O) groups is 1. The number of benzene rings is 1. The number of aliphatic hydroxyl groups excluding tert-OH is 1. The second-order valence-corrected chi connectivity index (χ2v) is 9.58. The third kappa shape index (κ3) is 5.26. The molecule has 198 valence electrons. The Morgan fingerprint density at radius 1 is 1.21 bits per heavy atom. The van der Waals surface area contributed by atoms with Gasteiger partial charge >= 0.3 is 6.18 Å². The van der Waals surface area contributed by atoms with Crippen LogP contribution >= 0.6 is 0 Å². The fourth-order valence-electron chi connectivity index (χ4n) is 4.54. The van der Waals surface area contributed by atoms with Crippen LogP contribution in [0.15, 0.2) is 49.1 Å². The maximum absolute atomic E-state index is 13.2. The van der Waals surface area contributed by atoms with Crippen LogP contribution in [-0.4, -0.2) is 65.7 Å². The Hall–Kier alpha value is -3.81. The van der Waals surface area contributed by atoms with E-state index in [1.54, 1.807) is 52.6 Å². The summed E-state index contributed by atoms with van der Waals surface area (Å²) >= 11 is 0. The Balaban J connectivity index is 1.24. The molecule has 4 heterocycles. The fourth-order valence-corrected chi connectivity index (χ4v) is 4.54. The number of Topliss-reactive ketones (excluding diaryl/α,β-unsaturated/α-hetero) is 1. The topological polar surface area (TPSA) is 110 Å². The van der Waals surface area contributed by atoms with E-state index >= 15 is 0 Å². The number of alkyl halides is 3. The van der Waals surface area contributed by atoms with Gasteiger partial charge in [-0.3, -0.25) is 9.63 Å². The number of aromatic nitrogens is 5. The van der Waals surface area contributed by atoms with Crippen LogP contribution in [0.1, 0.15) is 28.8 Å². The number of hydroxylamine groups is 2. The molecule has 1 saturated carbocycles. The molecule has 13 heteroatoms. The largest absolute Gasteiger partial charge is 0.406 e. The van der Waals surface area contributed by atoms with Crippen molar-refractivity contribution in [1.82, 2.24) is 29.4 Å². The van der Waals surface area contributed by atoms with Gasteiger partial charge in [0.05, 0.1) is 32.0 Å². The zero-order chi connectivity index (χ0) is 26.4. The lowest BCUT2D eigenvalue weighted by atomic mass is 10.1. The van der Waals surface area contributed by atoms with Crippen LogP contribution in [0.4, 0.5) is 24.8 Å². The summed E-state index contributed by atoms with van der Waals surface area (Å²) in [5.74, 6) is 0.500. The third-order valence-electron chi connectivity index (χ3n) is 6.43. The SMILES string of the molecule is O=C(c1cn(CC(F)(F)F)c2ccc(Nc3nccc(-n4cc(CN5CC(O)CO5)cn4)n3)cc12)C1CC1. The van der Waals surface area contributed by atoms with Gasteiger partial charge in [0.1, 0.15) is 6.54 Å². The summed E-state index contributed by atoms with van der Waals surface area (Å²) in [6.07, 6.45) is 2.94. The predicted molar refractivity (Wildman–Crippen MR) is 130 cm³/mol. The molecule has 2 N–H and O–H groups in total. The molecular weight excluding hydrogens is 503 g/mol. The van der Waals surface area contributed by atoms with Crippen LogP contribution in [0.25, 0.3) is 16.7 Å². The molecule has 3 aromatic heterocycles. The number of rotatable bonds is 8. The molecule has 2 fully saturated rings. The lowest BCUT2D eigenvalue weighted by Gasteiger charge is -2.11. The molecule has 4 aromatic rings. The average Bonchev–Trinajstić information content (AvgIpc) is 3.33. The van der Waals surface area contributed by atoms with Crippen molar-refractivity contribution >= 4 is 28.3 Å². The molecule has 1 unspecified atom stereocenters. The van der Waals surface area contributed by atoms with Gasteiger partial charge in [-0.15, -0.1) is 0 Å². The summed E-state index contributed by atoms with van der Waals surface area (Å²) in [4.78, 5) is 27.0. The van der Waals surface area contributed by atoms with E-state index < -0.39 is 18.8 Å². The number of aliphatic hydroxyl groups is 1. The van der Waals surface area contributed by atoms with E-state index in [0.29, 0.717) is 41.1 Å². The number of anilines is 2. The minimum absolute atomic E-state index is 0.127. The molecule has 1 aliphatic carbocycles. The molecule has 0 spiro atoms. The van der Waals surface area contributed by atoms with Crippen molar-refractivity contribution in [2.24, 2.45) is 5.92 Å². The molecule has 0 bridgehead atoms. The van der Waals surface area contributed by atoms with Crippen LogP contribution in [0.5, 0.6) is 0 Å². The lowest BCUT2D eigenvalue weighted by Crippen LogP contribution is -2.20. The van der Waals surface area contributed by atoms with E-state index in [9.17, 15) is 23.1 Å². The zero-order valence-electron chi connectivity index (χ0n) is 20.1. The first-order valence-electron chi connectivity index (χ1n) is 12.2. The number of hydrogen-bond donors (Lipinski definition) is 2. The van der Waals surface area contributed by atoms with Crippen molar-refractivity contribution in [2.45, 2.75) is 38.2 Å². The highest BCUT2D eigenvalue weighted by Gasteiger charge is 2.34. The zero-order valence-corrected chi connectivity index (χ0v) is 20.1. The highest BCUT2D eigenvalue weighted by atomic mass is 19.4. The maximum atomic E-state index is 13.2. The van der Waals surface area contributed by atoms with Crippen LogP contribution < -0.4 is 5.32 Å². The number of hydrogen-bond acceptors (Lipinski definition) is 8. The normalized spacial score (nSPS) is 18.4. The van der Waals surface area contributed by atoms with Crippen molar-refractivity contribution < 1.29 is 27.9 Å². The quantitative estimate of drug-likeness (QED) is 0.335. The molecule has 1 aliphatic heterocycles. The summed E-state index contributed by atoms with van der Waals surface area (Å²) in [5.41, 5.74) is 2.04. The van der Waals surface area contributed by atoms with Crippen molar-refractivity contribution in [3.05, 3.63) is 60.2 Å². The number of nitrogens with zero attached hydrogens (tertiary/aromatic N) is 6. The van der Waals surface area contributed by atoms with Gasteiger partial charge in [0.2, 0.25) is 5.95 Å². The minimum atomic E-state index is -4.41. The van der Waals surface area contributed by atoms with E-state index in [1.165, 1.54) is 6.20 Å². The van der Waals surface area contributed by atoms with Crippen molar-refractivity contribution in [2.75, 3.05) is 18.5 Å². The minimum Gasteiger partial charge on any atom is -0.389 e. The summed E-state index contributed by atoms with van der Waals surface area (Å²) in [6, 6.07) is 6.54. The summed E-state index contributed by atoms with van der Waals surface area (Å²) in [7, 11) is 0. The number of carbonyl (C=O) groups excluding carboxylic acids is 1. The lowest BCUT2D eigenvalue weighted by molar-refractivity contribution is -0.139. The van der Waals surface area contributed by atoms with Crippen molar-refractivity contribution in [3.8, 4) is 5.82 Å². The highest BCUT2D eigenvalue weighted by molar-refractivity contribution is 6.10. The van der Waals surface area contributed by atoms with Gasteiger partial charge in [-0.25, -0.2) is 9.67 Å². The molecule has 1 aromatic carbocycles. The summed E-state index contributed by atoms with van der Waals surface area (Å²) < 4.78 is 42.1. The standard InChI is InChI=1S/C25H24F3N7O3/c26-25(27,28)14-33-12-20(23(37)16-1-2-16)19-7-17(3-4-21(19)33)31-24-29-6-5-22(32-24)35-10-15(8-30-35)9-34-11-18(36)13-38-34/h3-8,10,12,16,18,36H,1-2,9,11,13-14H2,(H,29,31,32). The Bertz CT molecular complexity index is 1500. The molecule has 1 atom stereocenters. The second kappa shape index (κ2) is 9.49. The average molecular weight is 528 g/mol. The summed E-state index contributed by atoms with van der Waals surface area (Å²) in [5, 5.41) is 19.2. The summed E-state index contributed by atoms with van der Waals surface area (Å²) in [6.45, 7) is -0.0202. The first-order chi connectivity index (χ1) is 18.2. The van der Waals surface area contributed by atoms with Gasteiger partial charge in [0.15, 0.2) is 11.6 Å². The number of halogens is 3. The maximum Gasteiger partial charge on any atom is 0.406 e. The molecule has 2 aliphatic rings. The van der Waals surface area contributed by atoms with E-state index in [-0.39, 0.29) is 24.3 Å². The molecule has 10 nitrogen and oxygen atoms in total. The van der Waals surface area contributed by atoms with E-state index in [1.807, 2.05) is 0 Å². The molecule has 0 amide bonds. The second-order valence-electron chi connectivity index (χ2n) is 9.58. The van der Waals surface area contributed by atoms with Gasteiger partial charge < -0.3 is 15.0 Å². The third-order valence-corrected chi connectivity index (χ3v) is 6.43. The van der Waals surface area contributed by atoms with Crippen LogP contribution in [0, 0.1) is 5.92 Å². The molecule has 6 rings (SSSR count). The Morgan fingerprint density at radius 3 is 2.79 bits per heavy atom. The van der Waals surface area contributed by atoms with E-state index in [2.05, 4.69) is 20.4 Å². The van der Waals surface area contributed by atoms with Gasteiger partial charge in [-0.05, 0) is 31.0 Å². The van der Waals surface area contributed by atoms with Gasteiger partial charge in [0, 0.05) is 58.3 Å². The Kier molecular flexibility index (Phi) is 6.13. The van der Waals surface area contributed by atoms with Crippen LogP contribution in [0.2, 0.25) is 0 Å². The molecular formula is C25H24F3N7O3. The van der Waals surface area contributed by atoms with Gasteiger partial charge in [0.25, 0.3) is 0 Å². The first-order valence-corrected chi connectivity index (χ1v) is 12.2. The predicted octanol–water partition coefficient (Wildman–Crippen LogP) is 3.62. The fraction of sp³-hybridized carbons (Fsp3) is 0.360. The monoisotopic (exact) mass is 527 g/mol. The van der Waals surface area contributed by atoms with Crippen LogP contribution in [0.3, 0.4) is 0 Å². The van der Waals surface area contributed by atoms with Crippen LogP contribution in [-0.2, 0) is 17.9 Å². The smallest absolute Gasteiger partial charge is 0.389 e. The van der Waals surface area contributed by atoms with Gasteiger partial charge in [-0.1, -0.05) is 0 Å².